The van der Waals surface area contributed by atoms with Gasteiger partial charge in [-0.1, -0.05) is 12.8 Å². The number of hydrogen-bond donors (Lipinski definition) is 3. The topological polar surface area (TPSA) is 67.1 Å². The number of halogens is 1. The number of nitrogens with two attached hydrogens (primary N) is 1. The van der Waals surface area contributed by atoms with E-state index in [1.54, 1.807) is 18.0 Å². The summed E-state index contributed by atoms with van der Waals surface area (Å²) in [7, 11) is 0. The Morgan fingerprint density at radius 2 is 2.24 bits per heavy atom. The lowest BCUT2D eigenvalue weighted by Crippen LogP contribution is -2.49. The fraction of sp³-hybridized carbons (Fsp3) is 0.727. The smallest absolute Gasteiger partial charge is 0.259 e. The van der Waals surface area contributed by atoms with Crippen LogP contribution in [0.15, 0.2) is 11.1 Å². The van der Waals surface area contributed by atoms with Crippen LogP contribution in [0.5, 0.6) is 0 Å². The van der Waals surface area contributed by atoms with Gasteiger partial charge >= 0.3 is 0 Å². The number of hydrogen-bond acceptors (Lipinski definition) is 4. The molecule has 4 nitrogen and oxygen atoms in total. The second-order valence-corrected chi connectivity index (χ2v) is 5.48. The molecule has 1 heterocycles. The summed E-state index contributed by atoms with van der Waals surface area (Å²) in [6.07, 6.45) is 6.20. The highest BCUT2D eigenvalue weighted by Crippen LogP contribution is 2.20. The van der Waals surface area contributed by atoms with Crippen LogP contribution in [0.3, 0.4) is 0 Å². The summed E-state index contributed by atoms with van der Waals surface area (Å²) in [5, 5.41) is 6.13. The first-order valence-corrected chi connectivity index (χ1v) is 6.89. The molecule has 0 spiro atoms. The number of nitrogens with one attached hydrogen (secondary N) is 2. The van der Waals surface area contributed by atoms with Gasteiger partial charge in [0.1, 0.15) is 0 Å². The third kappa shape index (κ3) is 4.08. The molecule has 1 amide bonds. The van der Waals surface area contributed by atoms with Gasteiger partial charge < -0.3 is 16.4 Å². The average molecular weight is 278 g/mol. The van der Waals surface area contributed by atoms with Gasteiger partial charge in [0.25, 0.3) is 5.91 Å². The van der Waals surface area contributed by atoms with Crippen molar-refractivity contribution in [2.45, 2.75) is 37.8 Å². The van der Waals surface area contributed by atoms with Crippen LogP contribution in [0.25, 0.3) is 0 Å². The SMILES string of the molecule is Cl.N[C@@H]1CCCC[C@@H]1NC(=O)C1=CNCCS1. The quantitative estimate of drug-likeness (QED) is 0.704. The van der Waals surface area contributed by atoms with Crippen molar-refractivity contribution in [2.75, 3.05) is 12.3 Å². The summed E-state index contributed by atoms with van der Waals surface area (Å²) < 4.78 is 0. The molecule has 1 aliphatic heterocycles. The van der Waals surface area contributed by atoms with E-state index in [4.69, 9.17) is 5.73 Å². The highest BCUT2D eigenvalue weighted by Gasteiger charge is 2.24. The molecule has 0 aromatic carbocycles. The van der Waals surface area contributed by atoms with Crippen molar-refractivity contribution in [3.05, 3.63) is 11.1 Å². The van der Waals surface area contributed by atoms with Crippen molar-refractivity contribution < 1.29 is 4.79 Å². The predicted octanol–water partition coefficient (Wildman–Crippen LogP) is 0.972. The Bertz CT molecular complexity index is 298. The average Bonchev–Trinajstić information content (AvgIpc) is 2.33. The van der Waals surface area contributed by atoms with Gasteiger partial charge in [-0.3, -0.25) is 4.79 Å². The zero-order valence-electron chi connectivity index (χ0n) is 9.78. The first kappa shape index (κ1) is 14.7. The fourth-order valence-corrected chi connectivity index (χ4v) is 2.93. The molecular formula is C11H20ClN3OS. The van der Waals surface area contributed by atoms with Crippen LogP contribution in [0.2, 0.25) is 0 Å². The zero-order valence-corrected chi connectivity index (χ0v) is 11.4. The number of rotatable bonds is 2. The Kier molecular flexibility index (Phi) is 6.16. The number of amides is 1. The Morgan fingerprint density at radius 3 is 2.88 bits per heavy atom. The maximum absolute atomic E-state index is 11.9. The Balaban J connectivity index is 0.00000144. The molecule has 2 rings (SSSR count). The monoisotopic (exact) mass is 277 g/mol. The minimum Gasteiger partial charge on any atom is -0.389 e. The van der Waals surface area contributed by atoms with Gasteiger partial charge in [0.15, 0.2) is 0 Å². The van der Waals surface area contributed by atoms with Gasteiger partial charge in [-0.2, -0.15) is 0 Å². The molecule has 1 saturated carbocycles. The highest BCUT2D eigenvalue weighted by atomic mass is 35.5. The molecule has 0 aromatic rings. The van der Waals surface area contributed by atoms with Gasteiger partial charge in [0.05, 0.1) is 4.91 Å². The summed E-state index contributed by atoms with van der Waals surface area (Å²) in [4.78, 5) is 12.7. The van der Waals surface area contributed by atoms with Gasteiger partial charge in [-0.15, -0.1) is 24.2 Å². The van der Waals surface area contributed by atoms with Crippen LogP contribution < -0.4 is 16.4 Å². The highest BCUT2D eigenvalue weighted by molar-refractivity contribution is 8.04. The van der Waals surface area contributed by atoms with Crippen LogP contribution in [0.4, 0.5) is 0 Å². The second-order valence-electron chi connectivity index (χ2n) is 4.34. The molecule has 0 aromatic heterocycles. The van der Waals surface area contributed by atoms with Crippen LogP contribution in [-0.4, -0.2) is 30.3 Å². The summed E-state index contributed by atoms with van der Waals surface area (Å²) >= 11 is 1.61. The third-order valence-corrected chi connectivity index (χ3v) is 4.12. The van der Waals surface area contributed by atoms with Gasteiger partial charge in [-0.05, 0) is 12.8 Å². The summed E-state index contributed by atoms with van der Waals surface area (Å²) in [5.74, 6) is 0.982. The van der Waals surface area contributed by atoms with Gasteiger partial charge in [0.2, 0.25) is 0 Å². The maximum atomic E-state index is 11.9. The largest absolute Gasteiger partial charge is 0.389 e. The second kappa shape index (κ2) is 7.13. The minimum absolute atomic E-state index is 0. The maximum Gasteiger partial charge on any atom is 0.259 e. The Labute approximate surface area is 113 Å². The molecule has 6 heteroatoms. The molecule has 1 aliphatic carbocycles. The molecule has 1 fully saturated rings. The number of thioether (sulfide) groups is 1. The van der Waals surface area contributed by atoms with E-state index in [9.17, 15) is 4.79 Å². The van der Waals surface area contributed by atoms with Gasteiger partial charge in [-0.25, -0.2) is 0 Å². The molecule has 0 saturated heterocycles. The van der Waals surface area contributed by atoms with E-state index in [1.165, 1.54) is 12.8 Å². The van der Waals surface area contributed by atoms with E-state index >= 15 is 0 Å². The van der Waals surface area contributed by atoms with E-state index in [0.717, 1.165) is 30.0 Å². The van der Waals surface area contributed by atoms with E-state index in [1.807, 2.05) is 0 Å². The Hall–Kier alpha value is -0.390. The van der Waals surface area contributed by atoms with Crippen molar-refractivity contribution in [1.82, 2.24) is 10.6 Å². The van der Waals surface area contributed by atoms with Crippen LogP contribution >= 0.6 is 24.2 Å². The van der Waals surface area contributed by atoms with Crippen molar-refractivity contribution in [2.24, 2.45) is 5.73 Å². The minimum atomic E-state index is 0. The van der Waals surface area contributed by atoms with Crippen LogP contribution in [-0.2, 0) is 4.79 Å². The van der Waals surface area contributed by atoms with E-state index in [-0.39, 0.29) is 30.4 Å². The van der Waals surface area contributed by atoms with Crippen LogP contribution in [0.1, 0.15) is 25.7 Å². The molecule has 2 atom stereocenters. The summed E-state index contributed by atoms with van der Waals surface area (Å²) in [6.45, 7) is 0.935. The van der Waals surface area contributed by atoms with Gasteiger partial charge in [0, 0.05) is 30.6 Å². The molecule has 4 N–H and O–H groups in total. The lowest BCUT2D eigenvalue weighted by molar-refractivity contribution is -0.117. The molecule has 17 heavy (non-hydrogen) atoms. The number of carbonyl (C=O) groups excluding carboxylic acids is 1. The Morgan fingerprint density at radius 1 is 1.47 bits per heavy atom. The lowest BCUT2D eigenvalue weighted by Gasteiger charge is -2.29. The van der Waals surface area contributed by atoms with Crippen molar-refractivity contribution in [3.63, 3.8) is 0 Å². The molecule has 0 bridgehead atoms. The lowest BCUT2D eigenvalue weighted by atomic mass is 9.91. The summed E-state index contributed by atoms with van der Waals surface area (Å²) in [6, 6.07) is 0.282. The first-order valence-electron chi connectivity index (χ1n) is 5.90. The van der Waals surface area contributed by atoms with Crippen molar-refractivity contribution in [1.29, 1.82) is 0 Å². The third-order valence-electron chi connectivity index (χ3n) is 3.10. The molecule has 2 aliphatic rings. The zero-order chi connectivity index (χ0) is 11.4. The standard InChI is InChI=1S/C11H19N3OS.ClH/c12-8-3-1-2-4-9(8)14-11(15)10-7-13-5-6-16-10;/h7-9,13H,1-6,12H2,(H,14,15);1H/t8-,9+;/m1./s1. The molecular weight excluding hydrogens is 258 g/mol. The number of carbonyl (C=O) groups is 1. The normalized spacial score (nSPS) is 28.4. The molecule has 0 unspecified atom stereocenters. The fourth-order valence-electron chi connectivity index (χ4n) is 2.14. The summed E-state index contributed by atoms with van der Waals surface area (Å²) in [5.41, 5.74) is 6.00. The van der Waals surface area contributed by atoms with E-state index in [0.29, 0.717) is 0 Å². The van der Waals surface area contributed by atoms with Crippen molar-refractivity contribution in [3.8, 4) is 0 Å². The molecule has 0 radical (unpaired) electrons. The van der Waals surface area contributed by atoms with Crippen molar-refractivity contribution >= 4 is 30.1 Å². The van der Waals surface area contributed by atoms with E-state index in [2.05, 4.69) is 10.6 Å². The molecule has 98 valence electrons. The van der Waals surface area contributed by atoms with Crippen LogP contribution in [0, 0.1) is 0 Å². The predicted molar refractivity (Wildman–Crippen MR) is 74.2 cm³/mol. The first-order chi connectivity index (χ1) is 7.77. The van der Waals surface area contributed by atoms with E-state index < -0.39 is 0 Å².